The highest BCUT2D eigenvalue weighted by Crippen LogP contribution is 2.12. The molecule has 0 aromatic rings. The Morgan fingerprint density at radius 3 is 2.16 bits per heavy atom. The molecule has 0 aromatic heterocycles. The Morgan fingerprint density at radius 1 is 1.12 bits per heavy atom. The van der Waals surface area contributed by atoms with Crippen molar-refractivity contribution in [3.8, 4) is 0 Å². The maximum Gasteiger partial charge on any atom is 0.320 e. The van der Waals surface area contributed by atoms with Gasteiger partial charge in [0.2, 0.25) is 5.91 Å². The van der Waals surface area contributed by atoms with Gasteiger partial charge in [-0.05, 0) is 18.8 Å². The van der Waals surface area contributed by atoms with Gasteiger partial charge in [0, 0.05) is 32.7 Å². The SMILES string of the molecule is CCC(NC(CC(C)C)C(=O)N1CCN(CC(O)CO)CC1)C(=O)O. The molecule has 0 radical (unpaired) electrons. The van der Waals surface area contributed by atoms with Gasteiger partial charge in [-0.2, -0.15) is 0 Å². The molecule has 0 bridgehead atoms. The lowest BCUT2D eigenvalue weighted by Gasteiger charge is -2.37. The van der Waals surface area contributed by atoms with Gasteiger partial charge in [-0.15, -0.1) is 0 Å². The Balaban J connectivity index is 2.64. The van der Waals surface area contributed by atoms with Gasteiger partial charge in [0.15, 0.2) is 0 Å². The summed E-state index contributed by atoms with van der Waals surface area (Å²) in [4.78, 5) is 27.9. The highest BCUT2D eigenvalue weighted by Gasteiger charge is 2.31. The van der Waals surface area contributed by atoms with Crippen LogP contribution in [-0.4, -0.2) is 94.5 Å². The predicted octanol–water partition coefficient (Wildman–Crippen LogP) is -0.649. The lowest BCUT2D eigenvalue weighted by molar-refractivity contribution is -0.141. The van der Waals surface area contributed by atoms with Crippen molar-refractivity contribution >= 4 is 11.9 Å². The molecule has 1 fully saturated rings. The summed E-state index contributed by atoms with van der Waals surface area (Å²) in [6, 6.07) is -1.23. The van der Waals surface area contributed by atoms with Gasteiger partial charge in [-0.25, -0.2) is 0 Å². The summed E-state index contributed by atoms with van der Waals surface area (Å²) < 4.78 is 0. The van der Waals surface area contributed by atoms with E-state index in [-0.39, 0.29) is 18.4 Å². The number of carboxylic acid groups (broad SMARTS) is 1. The number of carbonyl (C=O) groups is 2. The molecule has 3 unspecified atom stereocenters. The van der Waals surface area contributed by atoms with E-state index in [0.29, 0.717) is 45.6 Å². The second-order valence-corrected chi connectivity index (χ2v) is 7.11. The van der Waals surface area contributed by atoms with Gasteiger partial charge in [-0.1, -0.05) is 20.8 Å². The first-order chi connectivity index (χ1) is 11.8. The molecule has 0 aliphatic carbocycles. The topological polar surface area (TPSA) is 113 Å². The van der Waals surface area contributed by atoms with Crippen molar-refractivity contribution in [3.63, 3.8) is 0 Å². The molecule has 25 heavy (non-hydrogen) atoms. The molecule has 3 atom stereocenters. The first kappa shape index (κ1) is 21.8. The number of hydrogen-bond donors (Lipinski definition) is 4. The molecule has 0 spiro atoms. The highest BCUT2D eigenvalue weighted by atomic mass is 16.4. The zero-order chi connectivity index (χ0) is 19.0. The van der Waals surface area contributed by atoms with Crippen LogP contribution in [0.15, 0.2) is 0 Å². The Labute approximate surface area is 149 Å². The van der Waals surface area contributed by atoms with E-state index in [1.807, 2.05) is 18.7 Å². The quantitative estimate of drug-likeness (QED) is 0.410. The van der Waals surface area contributed by atoms with Crippen molar-refractivity contribution in [2.24, 2.45) is 5.92 Å². The van der Waals surface area contributed by atoms with Gasteiger partial charge in [-0.3, -0.25) is 19.8 Å². The van der Waals surface area contributed by atoms with Crippen molar-refractivity contribution in [1.29, 1.82) is 0 Å². The molecule has 8 nitrogen and oxygen atoms in total. The van der Waals surface area contributed by atoms with Gasteiger partial charge >= 0.3 is 5.97 Å². The van der Waals surface area contributed by atoms with E-state index in [2.05, 4.69) is 5.32 Å². The number of aliphatic carboxylic acids is 1. The summed E-state index contributed by atoms with van der Waals surface area (Å²) in [6.45, 7) is 8.27. The third-order valence-electron chi connectivity index (χ3n) is 4.48. The maximum absolute atomic E-state index is 12.9. The Morgan fingerprint density at radius 2 is 1.72 bits per heavy atom. The number of carboxylic acids is 1. The average molecular weight is 359 g/mol. The van der Waals surface area contributed by atoms with Crippen LogP contribution in [0.4, 0.5) is 0 Å². The molecular weight excluding hydrogens is 326 g/mol. The molecule has 1 rings (SSSR count). The van der Waals surface area contributed by atoms with Crippen LogP contribution >= 0.6 is 0 Å². The van der Waals surface area contributed by atoms with E-state index in [1.54, 1.807) is 11.8 Å². The van der Waals surface area contributed by atoms with Gasteiger partial charge in [0.05, 0.1) is 18.8 Å². The minimum absolute atomic E-state index is 0.0595. The molecular formula is C17H33N3O5. The third-order valence-corrected chi connectivity index (χ3v) is 4.48. The summed E-state index contributed by atoms with van der Waals surface area (Å²) in [7, 11) is 0. The summed E-state index contributed by atoms with van der Waals surface area (Å²) in [5.41, 5.74) is 0. The van der Waals surface area contributed by atoms with Crippen molar-refractivity contribution < 1.29 is 24.9 Å². The second-order valence-electron chi connectivity index (χ2n) is 7.11. The maximum atomic E-state index is 12.9. The summed E-state index contributed by atoms with van der Waals surface area (Å²) >= 11 is 0. The fraction of sp³-hybridized carbons (Fsp3) is 0.882. The van der Waals surface area contributed by atoms with Crippen molar-refractivity contribution in [1.82, 2.24) is 15.1 Å². The minimum atomic E-state index is -0.938. The molecule has 1 saturated heterocycles. The first-order valence-electron chi connectivity index (χ1n) is 9.07. The number of hydrogen-bond acceptors (Lipinski definition) is 6. The normalized spacial score (nSPS) is 19.7. The van der Waals surface area contributed by atoms with E-state index in [9.17, 15) is 19.8 Å². The van der Waals surface area contributed by atoms with Crippen LogP contribution in [0.1, 0.15) is 33.6 Å². The van der Waals surface area contributed by atoms with E-state index >= 15 is 0 Å². The number of β-amino-alcohol motifs (C(OH)–C–C–N with tert-alkyl or cyclic N) is 1. The van der Waals surface area contributed by atoms with Crippen LogP contribution < -0.4 is 5.32 Å². The van der Waals surface area contributed by atoms with Crippen LogP contribution in [0.3, 0.4) is 0 Å². The van der Waals surface area contributed by atoms with Gasteiger partial charge < -0.3 is 20.2 Å². The fourth-order valence-electron chi connectivity index (χ4n) is 3.05. The van der Waals surface area contributed by atoms with Gasteiger partial charge in [0.25, 0.3) is 0 Å². The Hall–Kier alpha value is -1.22. The largest absolute Gasteiger partial charge is 0.480 e. The van der Waals surface area contributed by atoms with Crippen molar-refractivity contribution in [2.75, 3.05) is 39.3 Å². The number of aliphatic hydroxyl groups excluding tert-OH is 2. The summed E-state index contributed by atoms with van der Waals surface area (Å²) in [5.74, 6) is -0.726. The number of nitrogens with zero attached hydrogens (tertiary/aromatic N) is 2. The standard InChI is InChI=1S/C17H33N3O5/c1-4-14(17(24)25)18-15(9-12(2)3)16(23)20-7-5-19(6-8-20)10-13(22)11-21/h12-15,18,21-22H,4-11H2,1-3H3,(H,24,25). The molecule has 1 heterocycles. The number of nitrogens with one attached hydrogen (secondary N) is 1. The van der Waals surface area contributed by atoms with Crippen molar-refractivity contribution in [2.45, 2.75) is 51.8 Å². The van der Waals surface area contributed by atoms with Gasteiger partial charge in [0.1, 0.15) is 6.04 Å². The van der Waals surface area contributed by atoms with Crippen LogP contribution in [0.2, 0.25) is 0 Å². The average Bonchev–Trinajstić information content (AvgIpc) is 2.57. The van der Waals surface area contributed by atoms with Crippen LogP contribution in [0.25, 0.3) is 0 Å². The zero-order valence-electron chi connectivity index (χ0n) is 15.5. The number of amides is 1. The predicted molar refractivity (Wildman–Crippen MR) is 94.2 cm³/mol. The molecule has 1 amide bonds. The second kappa shape index (κ2) is 10.7. The molecule has 4 N–H and O–H groups in total. The Kier molecular flexibility index (Phi) is 9.34. The van der Waals surface area contributed by atoms with Crippen LogP contribution in [0, 0.1) is 5.92 Å². The third kappa shape index (κ3) is 7.27. The minimum Gasteiger partial charge on any atom is -0.480 e. The summed E-state index contributed by atoms with van der Waals surface area (Å²) in [5, 5.41) is 30.7. The lowest BCUT2D eigenvalue weighted by atomic mass is 10.0. The van der Waals surface area contributed by atoms with E-state index in [1.165, 1.54) is 0 Å². The molecule has 0 saturated carbocycles. The molecule has 146 valence electrons. The van der Waals surface area contributed by atoms with Crippen LogP contribution in [-0.2, 0) is 9.59 Å². The number of piperazine rings is 1. The van der Waals surface area contributed by atoms with E-state index in [4.69, 9.17) is 5.11 Å². The smallest absolute Gasteiger partial charge is 0.320 e. The fourth-order valence-corrected chi connectivity index (χ4v) is 3.05. The number of aliphatic hydroxyl groups is 2. The first-order valence-corrected chi connectivity index (χ1v) is 9.07. The summed E-state index contributed by atoms with van der Waals surface area (Å²) in [6.07, 6.45) is 0.245. The molecule has 1 aliphatic heterocycles. The van der Waals surface area contributed by atoms with Crippen LogP contribution in [0.5, 0.6) is 0 Å². The van der Waals surface area contributed by atoms with E-state index in [0.717, 1.165) is 0 Å². The molecule has 1 aliphatic rings. The highest BCUT2D eigenvalue weighted by molar-refractivity contribution is 5.83. The lowest BCUT2D eigenvalue weighted by Crippen LogP contribution is -2.57. The molecule has 0 aromatic carbocycles. The Bertz CT molecular complexity index is 425. The number of rotatable bonds is 10. The van der Waals surface area contributed by atoms with E-state index < -0.39 is 24.2 Å². The molecule has 8 heteroatoms. The zero-order valence-corrected chi connectivity index (χ0v) is 15.5. The van der Waals surface area contributed by atoms with Crippen molar-refractivity contribution in [3.05, 3.63) is 0 Å². The number of carbonyl (C=O) groups excluding carboxylic acids is 1. The monoisotopic (exact) mass is 359 g/mol.